The van der Waals surface area contributed by atoms with E-state index in [2.05, 4.69) is 0 Å². The van der Waals surface area contributed by atoms with E-state index in [-0.39, 0.29) is 5.92 Å². The molecule has 2 N–H and O–H groups in total. The molecule has 0 aromatic heterocycles. The van der Waals surface area contributed by atoms with Gasteiger partial charge in [-0.3, -0.25) is 0 Å². The molecule has 16 heavy (non-hydrogen) atoms. The molecule has 1 fully saturated rings. The Bertz CT molecular complexity index is 429. The number of hydrogen-bond donors (Lipinski definition) is 1. The fraction of sp³-hybridized carbons (Fsp3) is 1.00. The summed E-state index contributed by atoms with van der Waals surface area (Å²) in [6.07, 6.45) is 2.48. The van der Waals surface area contributed by atoms with Crippen molar-refractivity contribution in [2.75, 3.05) is 31.0 Å². The number of nitrogens with two attached hydrogens (primary N) is 1. The van der Waals surface area contributed by atoms with Gasteiger partial charge in [0.2, 0.25) is 10.0 Å². The van der Waals surface area contributed by atoms with E-state index in [1.165, 1.54) is 4.31 Å². The first kappa shape index (κ1) is 13.9. The lowest BCUT2D eigenvalue weighted by Gasteiger charge is -2.15. The zero-order chi connectivity index (χ0) is 12.4. The number of nitrogens with zero attached hydrogens (tertiary/aromatic N) is 1. The molecule has 1 atom stereocenters. The van der Waals surface area contributed by atoms with Crippen LogP contribution in [-0.2, 0) is 19.9 Å². The number of sulfonamides is 1. The Balaban J connectivity index is 2.66. The van der Waals surface area contributed by atoms with Gasteiger partial charge in [0.25, 0.3) is 0 Å². The summed E-state index contributed by atoms with van der Waals surface area (Å²) in [4.78, 5) is 0. The predicted molar refractivity (Wildman–Crippen MR) is 62.0 cm³/mol. The molecule has 1 saturated heterocycles. The van der Waals surface area contributed by atoms with Gasteiger partial charge in [-0.2, -0.15) is 0 Å². The maximum Gasteiger partial charge on any atom is 0.228 e. The van der Waals surface area contributed by atoms with E-state index in [1.54, 1.807) is 0 Å². The quantitative estimate of drug-likeness (QED) is 0.690. The molecule has 1 aliphatic rings. The topological polar surface area (TPSA) is 97.5 Å². The molecule has 1 unspecified atom stereocenters. The van der Waals surface area contributed by atoms with Gasteiger partial charge in [0, 0.05) is 19.3 Å². The Hall–Kier alpha value is -0.180. The van der Waals surface area contributed by atoms with Gasteiger partial charge >= 0.3 is 0 Å². The normalized spacial score (nSPS) is 23.8. The van der Waals surface area contributed by atoms with Crippen molar-refractivity contribution in [2.24, 2.45) is 11.7 Å². The zero-order valence-corrected chi connectivity index (χ0v) is 10.9. The van der Waals surface area contributed by atoms with Crippen LogP contribution < -0.4 is 5.73 Å². The monoisotopic (exact) mass is 270 g/mol. The van der Waals surface area contributed by atoms with E-state index in [9.17, 15) is 16.8 Å². The summed E-state index contributed by atoms with van der Waals surface area (Å²) < 4.78 is 46.7. The van der Waals surface area contributed by atoms with Gasteiger partial charge in [0.1, 0.15) is 0 Å². The molecule has 0 spiro atoms. The first-order chi connectivity index (χ1) is 7.24. The van der Waals surface area contributed by atoms with Crippen LogP contribution in [0.5, 0.6) is 0 Å². The Morgan fingerprint density at radius 3 is 2.44 bits per heavy atom. The molecular weight excluding hydrogens is 252 g/mol. The highest BCUT2D eigenvalue weighted by Gasteiger charge is 2.32. The van der Waals surface area contributed by atoms with Crippen molar-refractivity contribution in [3.05, 3.63) is 0 Å². The summed E-state index contributed by atoms with van der Waals surface area (Å²) in [5, 5.41) is -0.796. The van der Waals surface area contributed by atoms with Gasteiger partial charge in [-0.25, -0.2) is 21.1 Å². The second-order valence-corrected chi connectivity index (χ2v) is 8.72. The van der Waals surface area contributed by atoms with Crippen LogP contribution in [0.3, 0.4) is 0 Å². The third-order valence-electron chi connectivity index (χ3n) is 2.58. The Kier molecular flexibility index (Phi) is 4.33. The third-order valence-corrected chi connectivity index (χ3v) is 6.60. The molecule has 8 heteroatoms. The fourth-order valence-corrected chi connectivity index (χ4v) is 5.45. The average Bonchev–Trinajstić information content (AvgIpc) is 2.49. The highest BCUT2D eigenvalue weighted by atomic mass is 32.3. The van der Waals surface area contributed by atoms with Crippen LogP contribution in [0, 0.1) is 5.92 Å². The van der Waals surface area contributed by atoms with E-state index in [0.717, 1.165) is 19.1 Å². The molecule has 1 rings (SSSR count). The second-order valence-electron chi connectivity index (χ2n) is 4.25. The van der Waals surface area contributed by atoms with Crippen molar-refractivity contribution < 1.29 is 16.8 Å². The maximum absolute atomic E-state index is 11.7. The van der Waals surface area contributed by atoms with Crippen molar-refractivity contribution >= 4 is 19.9 Å². The van der Waals surface area contributed by atoms with Crippen LogP contribution in [0.2, 0.25) is 0 Å². The molecule has 1 aliphatic heterocycles. The van der Waals surface area contributed by atoms with Gasteiger partial charge < -0.3 is 5.73 Å². The van der Waals surface area contributed by atoms with Crippen LogP contribution in [0.25, 0.3) is 0 Å². The third kappa shape index (κ3) is 4.00. The van der Waals surface area contributed by atoms with E-state index < -0.39 is 24.9 Å². The summed E-state index contributed by atoms with van der Waals surface area (Å²) in [5.41, 5.74) is 5.40. The summed E-state index contributed by atoms with van der Waals surface area (Å²) in [7, 11) is -7.17. The number of sulfone groups is 1. The van der Waals surface area contributed by atoms with Crippen LogP contribution in [0.4, 0.5) is 0 Å². The predicted octanol–water partition coefficient (Wildman–Crippen LogP) is -1.01. The molecule has 1 heterocycles. The highest BCUT2D eigenvalue weighted by Crippen LogP contribution is 2.22. The smallest absolute Gasteiger partial charge is 0.228 e. The van der Waals surface area contributed by atoms with Crippen molar-refractivity contribution in [1.82, 2.24) is 4.31 Å². The molecule has 0 bridgehead atoms. The van der Waals surface area contributed by atoms with Gasteiger partial charge in [0.15, 0.2) is 14.9 Å². The van der Waals surface area contributed by atoms with E-state index in [1.807, 2.05) is 0 Å². The summed E-state index contributed by atoms with van der Waals surface area (Å²) in [6.45, 7) is 1.34. The van der Waals surface area contributed by atoms with Gasteiger partial charge in [-0.05, 0) is 25.3 Å². The average molecular weight is 270 g/mol. The van der Waals surface area contributed by atoms with Crippen LogP contribution in [-0.4, -0.2) is 52.1 Å². The first-order valence-corrected chi connectivity index (χ1v) is 8.77. The Labute approximate surface area is 96.8 Å². The summed E-state index contributed by atoms with van der Waals surface area (Å²) in [5.74, 6) is 0.263. The van der Waals surface area contributed by atoms with E-state index in [4.69, 9.17) is 5.73 Å². The first-order valence-electron chi connectivity index (χ1n) is 5.10. The largest absolute Gasteiger partial charge is 0.330 e. The van der Waals surface area contributed by atoms with Crippen LogP contribution in [0.1, 0.15) is 12.8 Å². The molecule has 0 radical (unpaired) electrons. The minimum Gasteiger partial charge on any atom is -0.330 e. The molecule has 6 nitrogen and oxygen atoms in total. The Morgan fingerprint density at radius 2 is 1.94 bits per heavy atom. The van der Waals surface area contributed by atoms with Crippen molar-refractivity contribution in [1.29, 1.82) is 0 Å². The minimum absolute atomic E-state index is 0.263. The maximum atomic E-state index is 11.7. The van der Waals surface area contributed by atoms with Crippen molar-refractivity contribution in [3.8, 4) is 0 Å². The van der Waals surface area contributed by atoms with Crippen molar-refractivity contribution in [3.63, 3.8) is 0 Å². The fourth-order valence-electron chi connectivity index (χ4n) is 1.87. The summed E-state index contributed by atoms with van der Waals surface area (Å²) >= 11 is 0. The molecule has 0 aliphatic carbocycles. The van der Waals surface area contributed by atoms with Crippen LogP contribution in [0.15, 0.2) is 0 Å². The molecule has 0 aromatic carbocycles. The van der Waals surface area contributed by atoms with Crippen molar-refractivity contribution in [2.45, 2.75) is 12.8 Å². The molecular formula is C8H18N2O4S2. The lowest BCUT2D eigenvalue weighted by molar-refractivity contribution is 0.451. The van der Waals surface area contributed by atoms with Gasteiger partial charge in [-0.1, -0.05) is 0 Å². The second kappa shape index (κ2) is 4.99. The van der Waals surface area contributed by atoms with E-state index in [0.29, 0.717) is 19.6 Å². The number of hydrogen-bond acceptors (Lipinski definition) is 5. The molecule has 0 saturated carbocycles. The molecule has 0 aromatic rings. The zero-order valence-electron chi connectivity index (χ0n) is 9.29. The van der Waals surface area contributed by atoms with E-state index >= 15 is 0 Å². The Morgan fingerprint density at radius 1 is 1.31 bits per heavy atom. The lowest BCUT2D eigenvalue weighted by Crippen LogP contribution is -2.33. The summed E-state index contributed by atoms with van der Waals surface area (Å²) in [6, 6.07) is 0. The lowest BCUT2D eigenvalue weighted by atomic mass is 10.1. The molecule has 96 valence electrons. The van der Waals surface area contributed by atoms with Gasteiger partial charge in [-0.15, -0.1) is 0 Å². The van der Waals surface area contributed by atoms with Gasteiger partial charge in [0.05, 0.1) is 0 Å². The minimum atomic E-state index is -3.66. The standard InChI is InChI=1S/C8H18N2O4S2/c1-15(11,12)7-16(13,14)10-5-3-8(6-10)2-4-9/h8H,2-7,9H2,1H3. The SMILES string of the molecule is CS(=O)(=O)CS(=O)(=O)N1CCC(CCN)C1. The number of rotatable bonds is 5. The highest BCUT2D eigenvalue weighted by molar-refractivity contribution is 8.06. The molecule has 0 amide bonds. The van der Waals surface area contributed by atoms with Crippen LogP contribution >= 0.6 is 0 Å².